The first kappa shape index (κ1) is 9.41. The highest BCUT2D eigenvalue weighted by atomic mass is 32.1. The van der Waals surface area contributed by atoms with E-state index in [0.29, 0.717) is 0 Å². The number of hydrogen-bond donors (Lipinski definition) is 0. The van der Waals surface area contributed by atoms with Crippen molar-refractivity contribution in [2.24, 2.45) is 0 Å². The van der Waals surface area contributed by atoms with E-state index >= 15 is 0 Å². The van der Waals surface area contributed by atoms with E-state index in [1.54, 1.807) is 5.56 Å². The molecule has 0 bridgehead atoms. The fraction of sp³-hybridized carbons (Fsp3) is 0.429. The fourth-order valence-corrected chi connectivity index (χ4v) is 3.61. The number of fused-ring (bicyclic) bond motifs is 1. The summed E-state index contributed by atoms with van der Waals surface area (Å²) < 4.78 is 1.44. The Morgan fingerprint density at radius 3 is 2.73 bits per heavy atom. The second-order valence-corrected chi connectivity index (χ2v) is 5.92. The maximum Gasteiger partial charge on any atom is 0.0345 e. The van der Waals surface area contributed by atoms with Crippen molar-refractivity contribution < 1.29 is 0 Å². The van der Waals surface area contributed by atoms with Gasteiger partial charge in [0.05, 0.1) is 0 Å². The summed E-state index contributed by atoms with van der Waals surface area (Å²) in [5.41, 5.74) is 1.57. The van der Waals surface area contributed by atoms with Gasteiger partial charge in [0.25, 0.3) is 0 Å². The molecule has 1 fully saturated rings. The minimum absolute atomic E-state index is 0.842. The van der Waals surface area contributed by atoms with Gasteiger partial charge in [-0.05, 0) is 48.8 Å². The third-order valence-corrected chi connectivity index (χ3v) is 4.52. The van der Waals surface area contributed by atoms with Crippen LogP contribution in [0.2, 0.25) is 0 Å². The van der Waals surface area contributed by atoms with Crippen LogP contribution in [0.15, 0.2) is 24.3 Å². The Kier molecular flexibility index (Phi) is 2.28. The molecule has 0 N–H and O–H groups in total. The zero-order valence-electron chi connectivity index (χ0n) is 9.12. The van der Waals surface area contributed by atoms with Crippen molar-refractivity contribution in [3.05, 3.63) is 34.7 Å². The van der Waals surface area contributed by atoms with Crippen molar-refractivity contribution in [2.45, 2.75) is 38.5 Å². The maximum atomic E-state index is 2.41. The summed E-state index contributed by atoms with van der Waals surface area (Å²) in [6, 6.07) is 9.38. The van der Waals surface area contributed by atoms with Gasteiger partial charge in [0.2, 0.25) is 0 Å². The highest BCUT2D eigenvalue weighted by molar-refractivity contribution is 7.19. The Bertz CT molecular complexity index is 475. The fourth-order valence-electron chi connectivity index (χ4n) is 2.71. The maximum absolute atomic E-state index is 2.41. The van der Waals surface area contributed by atoms with Gasteiger partial charge in [-0.15, -0.1) is 11.3 Å². The normalized spacial score (nSPS) is 17.7. The smallest absolute Gasteiger partial charge is 0.0345 e. The molecule has 78 valence electrons. The summed E-state index contributed by atoms with van der Waals surface area (Å²) in [4.78, 5) is 1.42. The van der Waals surface area contributed by atoms with Crippen LogP contribution in [0.25, 0.3) is 10.1 Å². The minimum atomic E-state index is 0.842. The van der Waals surface area contributed by atoms with Gasteiger partial charge in [-0.2, -0.15) is 0 Å². The zero-order valence-corrected chi connectivity index (χ0v) is 9.94. The molecule has 0 radical (unpaired) electrons. The highest BCUT2D eigenvalue weighted by Gasteiger charge is 2.17. The van der Waals surface area contributed by atoms with Crippen molar-refractivity contribution in [3.63, 3.8) is 0 Å². The van der Waals surface area contributed by atoms with Crippen LogP contribution >= 0.6 is 11.3 Å². The molecule has 3 rings (SSSR count). The van der Waals surface area contributed by atoms with Gasteiger partial charge in [0, 0.05) is 9.58 Å². The van der Waals surface area contributed by atoms with Crippen LogP contribution in [0, 0.1) is 6.92 Å². The molecule has 2 aromatic rings. The van der Waals surface area contributed by atoms with Crippen LogP contribution in [0.3, 0.4) is 0 Å². The van der Waals surface area contributed by atoms with E-state index in [2.05, 4.69) is 31.2 Å². The Morgan fingerprint density at radius 2 is 1.93 bits per heavy atom. The van der Waals surface area contributed by atoms with Crippen LogP contribution in [0.1, 0.15) is 42.0 Å². The molecule has 1 aromatic heterocycles. The summed E-state index contributed by atoms with van der Waals surface area (Å²) >= 11 is 1.90. The first-order valence-corrected chi connectivity index (χ1v) is 6.65. The van der Waals surface area contributed by atoms with Crippen LogP contribution in [0.4, 0.5) is 0 Å². The molecule has 1 aliphatic rings. The SMILES string of the molecule is Cc1cc2cc(C3CCCC3)ccc2s1. The van der Waals surface area contributed by atoms with Gasteiger partial charge in [-0.25, -0.2) is 0 Å². The molecule has 1 heterocycles. The van der Waals surface area contributed by atoms with Gasteiger partial charge in [-0.1, -0.05) is 25.0 Å². The Morgan fingerprint density at radius 1 is 1.13 bits per heavy atom. The molecule has 15 heavy (non-hydrogen) atoms. The molecule has 0 atom stereocenters. The van der Waals surface area contributed by atoms with Crippen molar-refractivity contribution in [3.8, 4) is 0 Å². The first-order valence-electron chi connectivity index (χ1n) is 5.83. The number of benzene rings is 1. The molecule has 1 aliphatic carbocycles. The molecule has 1 aromatic carbocycles. The summed E-state index contributed by atoms with van der Waals surface area (Å²) in [6.07, 6.45) is 5.64. The molecule has 0 spiro atoms. The van der Waals surface area contributed by atoms with E-state index in [9.17, 15) is 0 Å². The third kappa shape index (κ3) is 1.69. The third-order valence-electron chi connectivity index (χ3n) is 3.49. The molecule has 1 heteroatoms. The zero-order chi connectivity index (χ0) is 10.3. The molecular formula is C14H16S. The number of aryl methyl sites for hydroxylation is 1. The Hall–Kier alpha value is -0.820. The van der Waals surface area contributed by atoms with Gasteiger partial charge in [-0.3, -0.25) is 0 Å². The predicted molar refractivity (Wildman–Crippen MR) is 67.8 cm³/mol. The lowest BCUT2D eigenvalue weighted by Crippen LogP contribution is -1.90. The van der Waals surface area contributed by atoms with Crippen LogP contribution in [-0.4, -0.2) is 0 Å². The lowest BCUT2D eigenvalue weighted by Gasteiger charge is -2.08. The molecule has 1 saturated carbocycles. The van der Waals surface area contributed by atoms with E-state index in [-0.39, 0.29) is 0 Å². The van der Waals surface area contributed by atoms with Crippen molar-refractivity contribution >= 4 is 21.4 Å². The van der Waals surface area contributed by atoms with E-state index in [1.165, 1.54) is 40.6 Å². The van der Waals surface area contributed by atoms with Gasteiger partial charge >= 0.3 is 0 Å². The molecule has 0 nitrogen and oxygen atoms in total. The highest BCUT2D eigenvalue weighted by Crippen LogP contribution is 2.36. The minimum Gasteiger partial charge on any atom is -0.141 e. The van der Waals surface area contributed by atoms with Crippen LogP contribution < -0.4 is 0 Å². The number of hydrogen-bond acceptors (Lipinski definition) is 1. The number of rotatable bonds is 1. The quantitative estimate of drug-likeness (QED) is 0.638. The van der Waals surface area contributed by atoms with Crippen LogP contribution in [0.5, 0.6) is 0 Å². The van der Waals surface area contributed by atoms with E-state index in [1.807, 2.05) is 11.3 Å². The van der Waals surface area contributed by atoms with E-state index in [4.69, 9.17) is 0 Å². The second-order valence-electron chi connectivity index (χ2n) is 4.64. The first-order chi connectivity index (χ1) is 7.33. The summed E-state index contributed by atoms with van der Waals surface area (Å²) in [7, 11) is 0. The lowest BCUT2D eigenvalue weighted by atomic mass is 9.97. The van der Waals surface area contributed by atoms with E-state index in [0.717, 1.165) is 5.92 Å². The van der Waals surface area contributed by atoms with Gasteiger partial charge in [0.1, 0.15) is 0 Å². The Labute approximate surface area is 94.9 Å². The van der Waals surface area contributed by atoms with Crippen molar-refractivity contribution in [2.75, 3.05) is 0 Å². The monoisotopic (exact) mass is 216 g/mol. The second kappa shape index (κ2) is 3.64. The van der Waals surface area contributed by atoms with Gasteiger partial charge < -0.3 is 0 Å². The Balaban J connectivity index is 2.04. The van der Waals surface area contributed by atoms with E-state index < -0.39 is 0 Å². The average Bonchev–Trinajstić information content (AvgIpc) is 2.82. The van der Waals surface area contributed by atoms with Crippen LogP contribution in [-0.2, 0) is 0 Å². The molecular weight excluding hydrogens is 200 g/mol. The molecule has 0 unspecified atom stereocenters. The van der Waals surface area contributed by atoms with Crippen molar-refractivity contribution in [1.82, 2.24) is 0 Å². The summed E-state index contributed by atoms with van der Waals surface area (Å²) in [6.45, 7) is 2.19. The lowest BCUT2D eigenvalue weighted by molar-refractivity contribution is 0.724. The molecule has 0 saturated heterocycles. The largest absolute Gasteiger partial charge is 0.141 e. The molecule has 0 amide bonds. The number of thiophene rings is 1. The predicted octanol–water partition coefficient (Wildman–Crippen LogP) is 4.87. The molecule has 0 aliphatic heterocycles. The summed E-state index contributed by atoms with van der Waals surface area (Å²) in [5.74, 6) is 0.842. The van der Waals surface area contributed by atoms with Crippen molar-refractivity contribution in [1.29, 1.82) is 0 Å². The average molecular weight is 216 g/mol. The van der Waals surface area contributed by atoms with Gasteiger partial charge in [0.15, 0.2) is 0 Å². The standard InChI is InChI=1S/C14H16S/c1-10-8-13-9-12(6-7-14(13)15-10)11-4-2-3-5-11/h6-9,11H,2-5H2,1H3. The summed E-state index contributed by atoms with van der Waals surface area (Å²) in [5, 5.41) is 1.45. The topological polar surface area (TPSA) is 0 Å².